The van der Waals surface area contributed by atoms with E-state index in [4.69, 9.17) is 0 Å². The first kappa shape index (κ1) is 29.6. The maximum Gasteiger partial charge on any atom is 0.270 e. The SMILES string of the molecule is C[C@H](NC(=O)C1C[C@@H](F)CN1C(=O)CNC(=O)c1ccc2cc(F)ccc2n1)c1cc(/C=C/C2CC2)ncc1/C=C/C1CC1. The molecule has 3 fully saturated rings. The number of amides is 3. The number of hydrogen-bond donors (Lipinski definition) is 2. The molecule has 44 heavy (non-hydrogen) atoms. The number of allylic oxidation sites excluding steroid dienone is 2. The van der Waals surface area contributed by atoms with Crippen molar-refractivity contribution in [3.63, 3.8) is 0 Å². The van der Waals surface area contributed by atoms with Crippen LogP contribution >= 0.6 is 0 Å². The summed E-state index contributed by atoms with van der Waals surface area (Å²) >= 11 is 0. The number of aromatic nitrogens is 2. The van der Waals surface area contributed by atoms with Crippen molar-refractivity contribution in [1.29, 1.82) is 0 Å². The fourth-order valence-electron chi connectivity index (χ4n) is 5.42. The zero-order chi connectivity index (χ0) is 30.8. The standard InChI is InChI=1S/C34H35F2N5O3/c1-20(28-16-27(11-7-22-4-5-22)37-17-24(28)8-6-21-2-3-21)39-34(44)31-15-26(36)19-41(31)32(42)18-38-33(43)30-12-9-23-14-25(35)10-13-29(23)40-30/h6-14,16-17,20-22,26,31H,2-5,15,18-19H2,1H3,(H,38,43)(H,39,44)/b8-6+,11-7+/t20-,26+,31?/m0/s1. The molecule has 3 amide bonds. The molecule has 1 aliphatic heterocycles. The van der Waals surface area contributed by atoms with Crippen LogP contribution < -0.4 is 10.6 Å². The number of likely N-dealkylation sites (tertiary alicyclic amines) is 1. The zero-order valence-corrected chi connectivity index (χ0v) is 24.5. The first-order valence-corrected chi connectivity index (χ1v) is 15.2. The van der Waals surface area contributed by atoms with E-state index in [9.17, 15) is 23.2 Å². The smallest absolute Gasteiger partial charge is 0.270 e. The zero-order valence-electron chi connectivity index (χ0n) is 24.5. The van der Waals surface area contributed by atoms with Crippen LogP contribution in [0.2, 0.25) is 0 Å². The van der Waals surface area contributed by atoms with Gasteiger partial charge in [-0.25, -0.2) is 13.8 Å². The number of pyridine rings is 2. The summed E-state index contributed by atoms with van der Waals surface area (Å²) in [6.45, 7) is 1.21. The van der Waals surface area contributed by atoms with Gasteiger partial charge in [-0.1, -0.05) is 24.3 Å². The second kappa shape index (κ2) is 12.6. The normalized spacial score (nSPS) is 20.8. The quantitative estimate of drug-likeness (QED) is 0.335. The number of nitrogens with one attached hydrogen (secondary N) is 2. The third kappa shape index (κ3) is 7.18. The molecule has 2 aliphatic carbocycles. The third-order valence-corrected chi connectivity index (χ3v) is 8.30. The lowest BCUT2D eigenvalue weighted by Crippen LogP contribution is -2.49. The van der Waals surface area contributed by atoms with Crippen LogP contribution in [0.5, 0.6) is 0 Å². The Hall–Kier alpha value is -4.47. The van der Waals surface area contributed by atoms with Gasteiger partial charge in [-0.15, -0.1) is 0 Å². The van der Waals surface area contributed by atoms with Crippen LogP contribution in [-0.2, 0) is 9.59 Å². The number of fused-ring (bicyclic) bond motifs is 1. The van der Waals surface area contributed by atoms with Gasteiger partial charge in [0.25, 0.3) is 5.91 Å². The molecule has 3 heterocycles. The van der Waals surface area contributed by atoms with Crippen LogP contribution in [0, 0.1) is 17.7 Å². The Kier molecular flexibility index (Phi) is 8.50. The predicted octanol–water partition coefficient (Wildman–Crippen LogP) is 5.16. The molecule has 6 rings (SSSR count). The summed E-state index contributed by atoms with van der Waals surface area (Å²) in [6, 6.07) is 7.58. The maximum atomic E-state index is 14.6. The fourth-order valence-corrected chi connectivity index (χ4v) is 5.42. The number of carbonyl (C=O) groups is 3. The van der Waals surface area contributed by atoms with Gasteiger partial charge in [0.1, 0.15) is 23.7 Å². The minimum atomic E-state index is -1.36. The van der Waals surface area contributed by atoms with E-state index in [0.717, 1.165) is 16.8 Å². The molecule has 1 saturated heterocycles. The molecule has 1 unspecified atom stereocenters. The largest absolute Gasteiger partial charge is 0.348 e. The Bertz CT molecular complexity index is 1650. The average Bonchev–Trinajstić information content (AvgIpc) is 3.96. The lowest BCUT2D eigenvalue weighted by Gasteiger charge is -2.26. The summed E-state index contributed by atoms with van der Waals surface area (Å²) in [5, 5.41) is 6.05. The van der Waals surface area contributed by atoms with E-state index in [1.54, 1.807) is 6.07 Å². The minimum Gasteiger partial charge on any atom is -0.348 e. The molecular weight excluding hydrogens is 564 g/mol. The third-order valence-electron chi connectivity index (χ3n) is 8.30. The number of benzene rings is 1. The van der Waals surface area contributed by atoms with Gasteiger partial charge in [-0.2, -0.15) is 0 Å². The highest BCUT2D eigenvalue weighted by Gasteiger charge is 2.40. The first-order chi connectivity index (χ1) is 21.2. The van der Waals surface area contributed by atoms with E-state index < -0.39 is 48.3 Å². The van der Waals surface area contributed by atoms with Crippen LogP contribution in [0.4, 0.5) is 8.78 Å². The summed E-state index contributed by atoms with van der Waals surface area (Å²) < 4.78 is 28.0. The molecule has 3 aromatic rings. The van der Waals surface area contributed by atoms with Crippen molar-refractivity contribution in [3.8, 4) is 0 Å². The van der Waals surface area contributed by atoms with Crippen LogP contribution in [0.15, 0.2) is 54.7 Å². The molecule has 228 valence electrons. The molecular formula is C34H35F2N5O3. The van der Waals surface area contributed by atoms with Gasteiger partial charge in [0.15, 0.2) is 0 Å². The Morgan fingerprint density at radius 2 is 1.80 bits per heavy atom. The van der Waals surface area contributed by atoms with Crippen LogP contribution in [-0.4, -0.2) is 57.9 Å². The predicted molar refractivity (Wildman–Crippen MR) is 163 cm³/mol. The van der Waals surface area contributed by atoms with E-state index >= 15 is 0 Å². The van der Waals surface area contributed by atoms with E-state index in [2.05, 4.69) is 32.8 Å². The second-order valence-electron chi connectivity index (χ2n) is 12.0. The molecule has 2 N–H and O–H groups in total. The van der Waals surface area contributed by atoms with E-state index in [-0.39, 0.29) is 18.7 Å². The molecule has 3 aliphatic rings. The molecule has 2 saturated carbocycles. The highest BCUT2D eigenvalue weighted by molar-refractivity contribution is 5.97. The van der Waals surface area contributed by atoms with E-state index in [1.165, 1.54) is 54.8 Å². The molecule has 0 bridgehead atoms. The van der Waals surface area contributed by atoms with Crippen molar-refractivity contribution in [2.75, 3.05) is 13.1 Å². The van der Waals surface area contributed by atoms with Gasteiger partial charge in [0.2, 0.25) is 11.8 Å². The lowest BCUT2D eigenvalue weighted by atomic mass is 10.0. The molecule has 2 aromatic heterocycles. The Balaban J connectivity index is 1.11. The van der Waals surface area contributed by atoms with Crippen molar-refractivity contribution in [2.24, 2.45) is 11.8 Å². The Morgan fingerprint density at radius 1 is 1.05 bits per heavy atom. The first-order valence-electron chi connectivity index (χ1n) is 15.2. The van der Waals surface area contributed by atoms with Gasteiger partial charge in [-0.05, 0) is 92.0 Å². The highest BCUT2D eigenvalue weighted by atomic mass is 19.1. The van der Waals surface area contributed by atoms with Gasteiger partial charge in [0.05, 0.1) is 30.3 Å². The molecule has 3 atom stereocenters. The van der Waals surface area contributed by atoms with E-state index in [0.29, 0.717) is 22.7 Å². The van der Waals surface area contributed by atoms with Crippen molar-refractivity contribution in [2.45, 2.75) is 57.3 Å². The van der Waals surface area contributed by atoms with E-state index in [1.807, 2.05) is 31.3 Å². The topological polar surface area (TPSA) is 104 Å². The number of hydrogen-bond acceptors (Lipinski definition) is 5. The summed E-state index contributed by atoms with van der Waals surface area (Å²) in [6.07, 6.45) is 13.4. The average molecular weight is 600 g/mol. The van der Waals surface area contributed by atoms with Crippen LogP contribution in [0.3, 0.4) is 0 Å². The number of rotatable bonds is 10. The molecule has 0 spiro atoms. The Labute approximate surface area is 254 Å². The van der Waals surface area contributed by atoms with Crippen molar-refractivity contribution in [3.05, 3.63) is 83.1 Å². The summed E-state index contributed by atoms with van der Waals surface area (Å²) in [7, 11) is 0. The molecule has 0 radical (unpaired) electrons. The molecule has 1 aromatic carbocycles. The summed E-state index contributed by atoms with van der Waals surface area (Å²) in [4.78, 5) is 49.3. The fraction of sp³-hybridized carbons (Fsp3) is 0.382. The monoisotopic (exact) mass is 599 g/mol. The Morgan fingerprint density at radius 3 is 2.55 bits per heavy atom. The number of alkyl halides is 1. The van der Waals surface area contributed by atoms with Crippen molar-refractivity contribution < 1.29 is 23.2 Å². The van der Waals surface area contributed by atoms with Crippen LogP contribution in [0.25, 0.3) is 23.1 Å². The van der Waals surface area contributed by atoms with Gasteiger partial charge in [0, 0.05) is 18.0 Å². The van der Waals surface area contributed by atoms with Gasteiger partial charge < -0.3 is 15.5 Å². The molecule has 8 nitrogen and oxygen atoms in total. The highest BCUT2D eigenvalue weighted by Crippen LogP contribution is 2.33. The summed E-state index contributed by atoms with van der Waals surface area (Å²) in [5.41, 5.74) is 3.10. The van der Waals surface area contributed by atoms with Gasteiger partial charge in [-0.3, -0.25) is 19.4 Å². The maximum absolute atomic E-state index is 14.6. The molecule has 10 heteroatoms. The van der Waals surface area contributed by atoms with Gasteiger partial charge >= 0.3 is 0 Å². The number of carbonyl (C=O) groups excluding carboxylic acids is 3. The summed E-state index contributed by atoms with van der Waals surface area (Å²) in [5.74, 6) is -0.867. The van der Waals surface area contributed by atoms with Crippen molar-refractivity contribution in [1.82, 2.24) is 25.5 Å². The van der Waals surface area contributed by atoms with Crippen LogP contribution in [0.1, 0.15) is 72.4 Å². The van der Waals surface area contributed by atoms with Crippen molar-refractivity contribution >= 4 is 40.8 Å². The minimum absolute atomic E-state index is 0.0556. The number of nitrogens with zero attached hydrogens (tertiary/aromatic N) is 3. The second-order valence-corrected chi connectivity index (χ2v) is 12.0. The number of halogens is 2. The lowest BCUT2D eigenvalue weighted by molar-refractivity contribution is -0.138.